The summed E-state index contributed by atoms with van der Waals surface area (Å²) >= 11 is 0. The van der Waals surface area contributed by atoms with Gasteiger partial charge >= 0.3 is 0 Å². The predicted molar refractivity (Wildman–Crippen MR) is 58.7 cm³/mol. The van der Waals surface area contributed by atoms with E-state index in [1.807, 2.05) is 0 Å². The van der Waals surface area contributed by atoms with Gasteiger partial charge in [0.1, 0.15) is 24.2 Å². The smallest absolute Gasteiger partial charge is 0.180 e. The van der Waals surface area contributed by atoms with Gasteiger partial charge in [0, 0.05) is 6.54 Å². The lowest BCUT2D eigenvalue weighted by Gasteiger charge is -1.94. The number of H-pyrrole nitrogens is 1. The molecule has 0 aliphatic carbocycles. The Kier molecular flexibility index (Phi) is 2.26. The summed E-state index contributed by atoms with van der Waals surface area (Å²) in [6.45, 7) is 0.884. The Balaban J connectivity index is 1.89. The summed E-state index contributed by atoms with van der Waals surface area (Å²) < 4.78 is 1.67. The van der Waals surface area contributed by atoms with Gasteiger partial charge in [-0.25, -0.2) is 19.6 Å². The second kappa shape index (κ2) is 3.91. The van der Waals surface area contributed by atoms with E-state index in [2.05, 4.69) is 30.2 Å². The molecule has 0 aliphatic rings. The molecule has 3 rings (SSSR count). The topological polar surface area (TPSA) is 111 Å². The number of rotatable bonds is 3. The Hall–Kier alpha value is -2.35. The zero-order valence-corrected chi connectivity index (χ0v) is 8.91. The first-order chi connectivity index (χ1) is 8.35. The van der Waals surface area contributed by atoms with E-state index in [0.29, 0.717) is 18.7 Å². The maximum Gasteiger partial charge on any atom is 0.180 e. The molecule has 0 aromatic carbocycles. The number of hydrogen-bond donors (Lipinski definition) is 2. The van der Waals surface area contributed by atoms with Gasteiger partial charge in [0.15, 0.2) is 5.65 Å². The zero-order chi connectivity index (χ0) is 11.7. The summed E-state index contributed by atoms with van der Waals surface area (Å²) in [5.74, 6) is 0.758. The fourth-order valence-corrected chi connectivity index (χ4v) is 1.55. The standard InChI is InChI=1S/C9H10N8/c10-1-6-3-17(16-15-6)4-8-13-7-2-11-5-12-9(7)14-8/h2-3,5H,1,4,10H2,(H,11,12,13,14). The minimum Gasteiger partial charge on any atom is -0.338 e. The van der Waals surface area contributed by atoms with Crippen LogP contribution in [-0.4, -0.2) is 34.9 Å². The van der Waals surface area contributed by atoms with E-state index in [-0.39, 0.29) is 0 Å². The van der Waals surface area contributed by atoms with Crippen LogP contribution < -0.4 is 5.73 Å². The van der Waals surface area contributed by atoms with Crippen molar-refractivity contribution in [2.45, 2.75) is 13.1 Å². The van der Waals surface area contributed by atoms with Gasteiger partial charge in [-0.3, -0.25) is 0 Å². The molecular weight excluding hydrogens is 220 g/mol. The number of aromatic amines is 1. The molecule has 3 N–H and O–H groups in total. The van der Waals surface area contributed by atoms with Gasteiger partial charge in [0.05, 0.1) is 18.1 Å². The zero-order valence-electron chi connectivity index (χ0n) is 8.91. The molecule has 3 heterocycles. The van der Waals surface area contributed by atoms with E-state index in [1.165, 1.54) is 6.33 Å². The highest BCUT2D eigenvalue weighted by atomic mass is 15.4. The van der Waals surface area contributed by atoms with Gasteiger partial charge in [-0.2, -0.15) is 0 Å². The molecule has 8 heteroatoms. The van der Waals surface area contributed by atoms with Crippen LogP contribution in [0, 0.1) is 0 Å². The Morgan fingerprint density at radius 3 is 3.12 bits per heavy atom. The third-order valence-corrected chi connectivity index (χ3v) is 2.32. The Morgan fingerprint density at radius 1 is 1.41 bits per heavy atom. The van der Waals surface area contributed by atoms with E-state index < -0.39 is 0 Å². The number of imidazole rings is 1. The maximum atomic E-state index is 5.46. The number of fused-ring (bicyclic) bond motifs is 1. The van der Waals surface area contributed by atoms with Gasteiger partial charge < -0.3 is 10.7 Å². The highest BCUT2D eigenvalue weighted by Gasteiger charge is 2.05. The van der Waals surface area contributed by atoms with Crippen LogP contribution in [0.5, 0.6) is 0 Å². The van der Waals surface area contributed by atoms with Crippen LogP contribution in [0.2, 0.25) is 0 Å². The molecule has 0 radical (unpaired) electrons. The molecule has 0 unspecified atom stereocenters. The van der Waals surface area contributed by atoms with E-state index >= 15 is 0 Å². The summed E-state index contributed by atoms with van der Waals surface area (Å²) in [6, 6.07) is 0. The van der Waals surface area contributed by atoms with Crippen molar-refractivity contribution in [1.29, 1.82) is 0 Å². The lowest BCUT2D eigenvalue weighted by atomic mass is 10.5. The molecule has 0 atom stereocenters. The summed E-state index contributed by atoms with van der Waals surface area (Å²) in [5.41, 5.74) is 7.67. The van der Waals surface area contributed by atoms with Crippen LogP contribution >= 0.6 is 0 Å². The SMILES string of the molecule is NCc1cn(Cc2nc3ncncc3[nH]2)nn1. The van der Waals surface area contributed by atoms with E-state index in [1.54, 1.807) is 17.1 Å². The van der Waals surface area contributed by atoms with Crippen molar-refractivity contribution in [2.24, 2.45) is 5.73 Å². The van der Waals surface area contributed by atoms with Gasteiger partial charge in [0.2, 0.25) is 0 Å². The summed E-state index contributed by atoms with van der Waals surface area (Å²) in [6.07, 6.45) is 4.94. The molecule has 0 spiro atoms. The highest BCUT2D eigenvalue weighted by Crippen LogP contribution is 2.06. The van der Waals surface area contributed by atoms with Crippen LogP contribution in [-0.2, 0) is 13.1 Å². The Morgan fingerprint density at radius 2 is 2.35 bits per heavy atom. The average molecular weight is 230 g/mol. The first kappa shape index (κ1) is 9.85. The number of hydrogen-bond acceptors (Lipinski definition) is 6. The van der Waals surface area contributed by atoms with Crippen LogP contribution in [0.25, 0.3) is 11.2 Å². The molecule has 86 valence electrons. The Bertz CT molecular complexity index is 606. The minimum atomic E-state index is 0.381. The molecule has 0 saturated heterocycles. The third kappa shape index (κ3) is 1.85. The summed E-state index contributed by atoms with van der Waals surface area (Å²) in [4.78, 5) is 15.4. The van der Waals surface area contributed by atoms with E-state index in [4.69, 9.17) is 5.73 Å². The van der Waals surface area contributed by atoms with Crippen molar-refractivity contribution >= 4 is 11.2 Å². The molecule has 0 saturated carbocycles. The van der Waals surface area contributed by atoms with Crippen molar-refractivity contribution in [2.75, 3.05) is 0 Å². The first-order valence-electron chi connectivity index (χ1n) is 5.09. The van der Waals surface area contributed by atoms with Crippen LogP contribution in [0.15, 0.2) is 18.7 Å². The quantitative estimate of drug-likeness (QED) is 0.624. The monoisotopic (exact) mass is 230 g/mol. The van der Waals surface area contributed by atoms with E-state index in [9.17, 15) is 0 Å². The van der Waals surface area contributed by atoms with Crippen molar-refractivity contribution in [3.05, 3.63) is 30.2 Å². The largest absolute Gasteiger partial charge is 0.338 e. The number of nitrogens with one attached hydrogen (secondary N) is 1. The first-order valence-corrected chi connectivity index (χ1v) is 5.09. The highest BCUT2D eigenvalue weighted by molar-refractivity contribution is 5.68. The maximum absolute atomic E-state index is 5.46. The molecule has 0 fully saturated rings. The second-order valence-corrected chi connectivity index (χ2v) is 3.56. The molecule has 3 aromatic heterocycles. The van der Waals surface area contributed by atoms with Gasteiger partial charge in [-0.15, -0.1) is 5.10 Å². The summed E-state index contributed by atoms with van der Waals surface area (Å²) in [5, 5.41) is 7.85. The molecule has 8 nitrogen and oxygen atoms in total. The lowest BCUT2D eigenvalue weighted by molar-refractivity contribution is 0.630. The normalized spacial score (nSPS) is 11.1. The molecule has 17 heavy (non-hydrogen) atoms. The molecule has 0 aliphatic heterocycles. The number of aromatic nitrogens is 7. The predicted octanol–water partition coefficient (Wildman–Crippen LogP) is -0.549. The van der Waals surface area contributed by atoms with Crippen molar-refractivity contribution in [3.8, 4) is 0 Å². The fraction of sp³-hybridized carbons (Fsp3) is 0.222. The molecular formula is C9H10N8. The van der Waals surface area contributed by atoms with Crippen LogP contribution in [0.1, 0.15) is 11.5 Å². The minimum absolute atomic E-state index is 0.381. The average Bonchev–Trinajstić information content (AvgIpc) is 2.94. The lowest BCUT2D eigenvalue weighted by Crippen LogP contribution is -2.02. The van der Waals surface area contributed by atoms with Crippen molar-refractivity contribution in [3.63, 3.8) is 0 Å². The third-order valence-electron chi connectivity index (χ3n) is 2.32. The van der Waals surface area contributed by atoms with Gasteiger partial charge in [-0.05, 0) is 0 Å². The molecule has 0 amide bonds. The van der Waals surface area contributed by atoms with Gasteiger partial charge in [0.25, 0.3) is 0 Å². The molecule has 3 aromatic rings. The summed E-state index contributed by atoms with van der Waals surface area (Å²) in [7, 11) is 0. The number of nitrogens with zero attached hydrogens (tertiary/aromatic N) is 6. The Labute approximate surface area is 95.9 Å². The van der Waals surface area contributed by atoms with Crippen molar-refractivity contribution < 1.29 is 0 Å². The number of nitrogens with two attached hydrogens (primary N) is 1. The van der Waals surface area contributed by atoms with E-state index in [0.717, 1.165) is 17.0 Å². The van der Waals surface area contributed by atoms with Crippen LogP contribution in [0.4, 0.5) is 0 Å². The second-order valence-electron chi connectivity index (χ2n) is 3.56. The van der Waals surface area contributed by atoms with Crippen molar-refractivity contribution in [1.82, 2.24) is 34.9 Å². The molecule has 0 bridgehead atoms. The fourth-order valence-electron chi connectivity index (χ4n) is 1.55. The van der Waals surface area contributed by atoms with Gasteiger partial charge in [-0.1, -0.05) is 5.21 Å². The van der Waals surface area contributed by atoms with Crippen LogP contribution in [0.3, 0.4) is 0 Å².